The summed E-state index contributed by atoms with van der Waals surface area (Å²) in [6.45, 7) is 2.19. The number of amides is 1. The van der Waals surface area contributed by atoms with Crippen LogP contribution < -0.4 is 15.0 Å². The molecule has 27 heavy (non-hydrogen) atoms. The maximum atomic E-state index is 12.2. The standard InChI is InChI=1S/C21H22Cl2N2O2/c1-27-21-15(13-16(22)14-19(21)23)5-10-20(26)24-17-6-8-18(9-7-17)25-11-3-2-4-12-25/h5-10,13-14H,2-4,11-12H2,1H3,(H,24,26)/b10-5+. The second-order valence-electron chi connectivity index (χ2n) is 6.43. The first-order chi connectivity index (χ1) is 13.1. The third kappa shape index (κ3) is 5.18. The lowest BCUT2D eigenvalue weighted by molar-refractivity contribution is -0.111. The Bertz CT molecular complexity index is 829. The van der Waals surface area contributed by atoms with Crippen molar-refractivity contribution in [3.8, 4) is 5.75 Å². The number of carbonyl (C=O) groups is 1. The molecule has 1 saturated heterocycles. The molecule has 3 rings (SSSR count). The number of nitrogens with zero attached hydrogens (tertiary/aromatic N) is 1. The molecule has 1 heterocycles. The van der Waals surface area contributed by atoms with E-state index in [0.717, 1.165) is 18.8 Å². The van der Waals surface area contributed by atoms with Crippen LogP contribution in [0.1, 0.15) is 24.8 Å². The highest BCUT2D eigenvalue weighted by molar-refractivity contribution is 6.36. The summed E-state index contributed by atoms with van der Waals surface area (Å²) >= 11 is 12.1. The van der Waals surface area contributed by atoms with Gasteiger partial charge in [-0.2, -0.15) is 0 Å². The Morgan fingerprint density at radius 3 is 2.48 bits per heavy atom. The SMILES string of the molecule is COc1c(Cl)cc(Cl)cc1/C=C/C(=O)Nc1ccc(N2CCCCC2)cc1. The smallest absolute Gasteiger partial charge is 0.248 e. The number of anilines is 2. The second-order valence-corrected chi connectivity index (χ2v) is 7.27. The van der Waals surface area contributed by atoms with Crippen LogP contribution in [0.2, 0.25) is 10.0 Å². The van der Waals surface area contributed by atoms with Crippen LogP contribution in [0.5, 0.6) is 5.75 Å². The molecule has 1 aliphatic heterocycles. The van der Waals surface area contributed by atoms with Gasteiger partial charge >= 0.3 is 0 Å². The lowest BCUT2D eigenvalue weighted by atomic mass is 10.1. The Balaban J connectivity index is 1.65. The van der Waals surface area contributed by atoms with Crippen LogP contribution in [-0.4, -0.2) is 26.1 Å². The predicted molar refractivity (Wildman–Crippen MR) is 113 cm³/mol. The number of nitrogens with one attached hydrogen (secondary N) is 1. The highest BCUT2D eigenvalue weighted by Crippen LogP contribution is 2.33. The van der Waals surface area contributed by atoms with Crippen molar-refractivity contribution in [2.75, 3.05) is 30.4 Å². The van der Waals surface area contributed by atoms with Crippen molar-refractivity contribution in [3.63, 3.8) is 0 Å². The van der Waals surface area contributed by atoms with Crippen molar-refractivity contribution < 1.29 is 9.53 Å². The van der Waals surface area contributed by atoms with Crippen molar-refractivity contribution in [2.45, 2.75) is 19.3 Å². The summed E-state index contributed by atoms with van der Waals surface area (Å²) in [7, 11) is 1.52. The van der Waals surface area contributed by atoms with E-state index in [4.69, 9.17) is 27.9 Å². The van der Waals surface area contributed by atoms with Crippen molar-refractivity contribution in [3.05, 3.63) is 58.1 Å². The van der Waals surface area contributed by atoms with Crippen LogP contribution in [0.3, 0.4) is 0 Å². The summed E-state index contributed by atoms with van der Waals surface area (Å²) in [5.74, 6) is 0.245. The van der Waals surface area contributed by atoms with E-state index in [9.17, 15) is 4.79 Å². The van der Waals surface area contributed by atoms with Crippen LogP contribution in [-0.2, 0) is 4.79 Å². The normalized spacial score (nSPS) is 14.4. The van der Waals surface area contributed by atoms with E-state index >= 15 is 0 Å². The lowest BCUT2D eigenvalue weighted by Gasteiger charge is -2.28. The highest BCUT2D eigenvalue weighted by atomic mass is 35.5. The monoisotopic (exact) mass is 404 g/mol. The van der Waals surface area contributed by atoms with Crippen LogP contribution in [0.25, 0.3) is 6.08 Å². The van der Waals surface area contributed by atoms with Gasteiger partial charge < -0.3 is 15.0 Å². The van der Waals surface area contributed by atoms with Crippen LogP contribution >= 0.6 is 23.2 Å². The zero-order valence-electron chi connectivity index (χ0n) is 15.2. The lowest BCUT2D eigenvalue weighted by Crippen LogP contribution is -2.29. The average Bonchev–Trinajstić information content (AvgIpc) is 2.67. The number of hydrogen-bond donors (Lipinski definition) is 1. The number of benzene rings is 2. The largest absolute Gasteiger partial charge is 0.495 e. The van der Waals surface area contributed by atoms with Crippen molar-refractivity contribution in [2.24, 2.45) is 0 Å². The Hall–Kier alpha value is -2.17. The third-order valence-corrected chi connectivity index (χ3v) is 5.01. The topological polar surface area (TPSA) is 41.6 Å². The number of ether oxygens (including phenoxy) is 1. The third-order valence-electron chi connectivity index (χ3n) is 4.51. The molecule has 1 fully saturated rings. The molecule has 142 valence electrons. The molecule has 0 saturated carbocycles. The molecule has 2 aromatic rings. The maximum Gasteiger partial charge on any atom is 0.248 e. The van der Waals surface area contributed by atoms with E-state index in [-0.39, 0.29) is 5.91 Å². The van der Waals surface area contributed by atoms with Crippen LogP contribution in [0, 0.1) is 0 Å². The quantitative estimate of drug-likeness (QED) is 0.655. The van der Waals surface area contributed by atoms with Gasteiger partial charge in [0.25, 0.3) is 0 Å². The van der Waals surface area contributed by atoms with Crippen molar-refractivity contribution in [1.82, 2.24) is 0 Å². The minimum atomic E-state index is -0.237. The molecule has 0 spiro atoms. The Morgan fingerprint density at radius 2 is 1.81 bits per heavy atom. The minimum Gasteiger partial charge on any atom is -0.495 e. The van der Waals surface area contributed by atoms with Gasteiger partial charge in [0, 0.05) is 41.1 Å². The van der Waals surface area contributed by atoms with Gasteiger partial charge in [0.15, 0.2) is 0 Å². The number of piperidine rings is 1. The summed E-state index contributed by atoms with van der Waals surface area (Å²) in [6.07, 6.45) is 6.84. The molecule has 0 atom stereocenters. The van der Waals surface area contributed by atoms with Crippen molar-refractivity contribution in [1.29, 1.82) is 0 Å². The van der Waals surface area contributed by atoms with Gasteiger partial charge in [-0.25, -0.2) is 0 Å². The summed E-state index contributed by atoms with van der Waals surface area (Å²) in [4.78, 5) is 14.6. The van der Waals surface area contributed by atoms with Crippen LogP contribution in [0.4, 0.5) is 11.4 Å². The van der Waals surface area contributed by atoms with E-state index in [1.807, 2.05) is 24.3 Å². The summed E-state index contributed by atoms with van der Waals surface area (Å²) in [5, 5.41) is 3.74. The minimum absolute atomic E-state index is 0.237. The molecule has 6 heteroatoms. The molecular formula is C21H22Cl2N2O2. The molecule has 2 aromatic carbocycles. The van der Waals surface area contributed by atoms with E-state index in [0.29, 0.717) is 21.4 Å². The van der Waals surface area contributed by atoms with Gasteiger partial charge in [-0.15, -0.1) is 0 Å². The van der Waals surface area contributed by atoms with Gasteiger partial charge in [0.05, 0.1) is 12.1 Å². The fraction of sp³-hybridized carbons (Fsp3) is 0.286. The number of rotatable bonds is 5. The van der Waals surface area contributed by atoms with Gasteiger partial charge in [0.2, 0.25) is 5.91 Å². The first kappa shape index (κ1) is 19.6. The highest BCUT2D eigenvalue weighted by Gasteiger charge is 2.11. The average molecular weight is 405 g/mol. The number of halogens is 2. The van der Waals surface area contributed by atoms with Gasteiger partial charge in [-0.05, 0) is 61.7 Å². The fourth-order valence-corrected chi connectivity index (χ4v) is 3.76. The van der Waals surface area contributed by atoms with E-state index < -0.39 is 0 Å². The first-order valence-corrected chi connectivity index (χ1v) is 9.69. The van der Waals surface area contributed by atoms with E-state index in [1.54, 1.807) is 18.2 Å². The zero-order valence-corrected chi connectivity index (χ0v) is 16.7. The molecule has 0 aromatic heterocycles. The molecule has 0 radical (unpaired) electrons. The van der Waals surface area contributed by atoms with E-state index in [1.165, 1.54) is 38.1 Å². The second kappa shape index (κ2) is 9.16. The first-order valence-electron chi connectivity index (χ1n) is 8.94. The molecule has 0 bridgehead atoms. The predicted octanol–water partition coefficient (Wildman–Crippen LogP) is 5.64. The molecule has 1 aliphatic rings. The zero-order chi connectivity index (χ0) is 19.2. The summed E-state index contributed by atoms with van der Waals surface area (Å²) in [6, 6.07) is 11.2. The van der Waals surface area contributed by atoms with Gasteiger partial charge in [-0.3, -0.25) is 4.79 Å². The summed E-state index contributed by atoms with van der Waals surface area (Å²) in [5.41, 5.74) is 2.59. The van der Waals surface area contributed by atoms with Gasteiger partial charge in [0.1, 0.15) is 5.75 Å². The van der Waals surface area contributed by atoms with Crippen LogP contribution in [0.15, 0.2) is 42.5 Å². The molecule has 1 N–H and O–H groups in total. The van der Waals surface area contributed by atoms with Crippen molar-refractivity contribution >= 4 is 46.6 Å². The maximum absolute atomic E-state index is 12.2. The van der Waals surface area contributed by atoms with E-state index in [2.05, 4.69) is 10.2 Å². The molecule has 0 unspecified atom stereocenters. The molecule has 1 amide bonds. The number of hydrogen-bond acceptors (Lipinski definition) is 3. The number of carbonyl (C=O) groups excluding carboxylic acids is 1. The Kier molecular flexibility index (Phi) is 6.64. The Labute approximate surface area is 169 Å². The molecule has 4 nitrogen and oxygen atoms in total. The molecular weight excluding hydrogens is 383 g/mol. The Morgan fingerprint density at radius 1 is 1.11 bits per heavy atom. The summed E-state index contributed by atoms with van der Waals surface area (Å²) < 4.78 is 5.27. The molecule has 0 aliphatic carbocycles. The fourth-order valence-electron chi connectivity index (χ4n) is 3.18. The number of methoxy groups -OCH3 is 1. The van der Waals surface area contributed by atoms with Gasteiger partial charge in [-0.1, -0.05) is 23.2 Å².